The van der Waals surface area contributed by atoms with Gasteiger partial charge in [-0.2, -0.15) is 5.10 Å². The largest absolute Gasteiger partial charge is 0.303 e. The first-order valence-electron chi connectivity index (χ1n) is 7.17. The van der Waals surface area contributed by atoms with E-state index < -0.39 is 0 Å². The molecule has 0 saturated carbocycles. The van der Waals surface area contributed by atoms with Gasteiger partial charge in [-0.25, -0.2) is 0 Å². The van der Waals surface area contributed by atoms with Crippen molar-refractivity contribution in [1.29, 1.82) is 0 Å². The van der Waals surface area contributed by atoms with Gasteiger partial charge in [-0.05, 0) is 38.0 Å². The second-order valence-electron chi connectivity index (χ2n) is 5.03. The fourth-order valence-corrected chi connectivity index (χ4v) is 2.58. The molecule has 2 unspecified atom stereocenters. The van der Waals surface area contributed by atoms with Gasteiger partial charge in [-0.3, -0.25) is 4.68 Å². The predicted octanol–water partition coefficient (Wildman–Crippen LogP) is 4.47. The molecule has 1 N–H and O–H groups in total. The first-order valence-corrected chi connectivity index (χ1v) is 7.97. The third-order valence-electron chi connectivity index (χ3n) is 3.61. The molecular weight excluding hydrogens is 314 g/mol. The Morgan fingerprint density at radius 2 is 1.90 bits per heavy atom. The zero-order chi connectivity index (χ0) is 14.5. The molecule has 2 atom stereocenters. The minimum atomic E-state index is 0.295. The number of aryl methyl sites for hydroxylation is 1. The van der Waals surface area contributed by atoms with Crippen molar-refractivity contribution in [1.82, 2.24) is 15.1 Å². The van der Waals surface area contributed by atoms with Crippen LogP contribution in [0.1, 0.15) is 50.4 Å². The monoisotopic (exact) mass is 335 g/mol. The van der Waals surface area contributed by atoms with Gasteiger partial charge in [0.05, 0.1) is 6.20 Å². The van der Waals surface area contributed by atoms with Gasteiger partial charge in [-0.15, -0.1) is 0 Å². The first kappa shape index (κ1) is 15.3. The lowest BCUT2D eigenvalue weighted by Gasteiger charge is -2.22. The zero-order valence-electron chi connectivity index (χ0n) is 12.3. The highest BCUT2D eigenvalue weighted by Gasteiger charge is 2.14. The van der Waals surface area contributed by atoms with Gasteiger partial charge in [-0.1, -0.05) is 35.0 Å². The molecule has 0 aliphatic rings. The molecule has 2 rings (SSSR count). The van der Waals surface area contributed by atoms with Gasteiger partial charge in [0, 0.05) is 34.9 Å². The topological polar surface area (TPSA) is 29.9 Å². The average molecular weight is 336 g/mol. The van der Waals surface area contributed by atoms with Crippen molar-refractivity contribution in [2.45, 2.75) is 45.8 Å². The summed E-state index contributed by atoms with van der Waals surface area (Å²) in [6, 6.07) is 9.20. The maximum Gasteiger partial charge on any atom is 0.0537 e. The molecular formula is C16H22BrN3. The predicted molar refractivity (Wildman–Crippen MR) is 86.6 cm³/mol. The summed E-state index contributed by atoms with van der Waals surface area (Å²) in [5.74, 6) is 0. The lowest BCUT2D eigenvalue weighted by Crippen LogP contribution is -2.24. The minimum absolute atomic E-state index is 0.295. The summed E-state index contributed by atoms with van der Waals surface area (Å²) in [5.41, 5.74) is 2.56. The van der Waals surface area contributed by atoms with Gasteiger partial charge < -0.3 is 5.32 Å². The van der Waals surface area contributed by atoms with Gasteiger partial charge in [0.2, 0.25) is 0 Å². The van der Waals surface area contributed by atoms with Crippen molar-refractivity contribution in [3.8, 4) is 0 Å². The van der Waals surface area contributed by atoms with E-state index in [1.54, 1.807) is 0 Å². The van der Waals surface area contributed by atoms with E-state index in [0.717, 1.165) is 17.4 Å². The zero-order valence-corrected chi connectivity index (χ0v) is 13.9. The molecule has 0 aliphatic heterocycles. The van der Waals surface area contributed by atoms with Gasteiger partial charge >= 0.3 is 0 Å². The molecule has 1 aromatic heterocycles. The van der Waals surface area contributed by atoms with Crippen molar-refractivity contribution >= 4 is 15.9 Å². The molecule has 0 amide bonds. The van der Waals surface area contributed by atoms with Crippen LogP contribution in [0.4, 0.5) is 0 Å². The number of benzene rings is 1. The Balaban J connectivity index is 2.07. The van der Waals surface area contributed by atoms with Crippen molar-refractivity contribution < 1.29 is 0 Å². The van der Waals surface area contributed by atoms with Gasteiger partial charge in [0.25, 0.3) is 0 Å². The fourth-order valence-electron chi connectivity index (χ4n) is 2.32. The Kier molecular flexibility index (Phi) is 5.38. The van der Waals surface area contributed by atoms with E-state index in [1.165, 1.54) is 11.1 Å². The summed E-state index contributed by atoms with van der Waals surface area (Å²) in [5, 5.41) is 8.03. The van der Waals surface area contributed by atoms with E-state index in [1.807, 2.05) is 10.9 Å². The number of hydrogen-bond donors (Lipinski definition) is 1. The molecule has 2 aromatic rings. The molecule has 0 aliphatic carbocycles. The van der Waals surface area contributed by atoms with Crippen LogP contribution in [0.3, 0.4) is 0 Å². The summed E-state index contributed by atoms with van der Waals surface area (Å²) in [7, 11) is 0. The molecule has 0 saturated heterocycles. The minimum Gasteiger partial charge on any atom is -0.303 e. The average Bonchev–Trinajstić information content (AvgIpc) is 2.94. The number of aromatic nitrogens is 2. The normalized spacial score (nSPS) is 14.2. The SMILES string of the molecule is CCC(NC(C)c1cnn(CC)c1)c1ccc(Br)cc1. The van der Waals surface area contributed by atoms with E-state index in [9.17, 15) is 0 Å². The molecule has 1 aromatic carbocycles. The summed E-state index contributed by atoms with van der Waals surface area (Å²) in [6.45, 7) is 7.42. The number of halogens is 1. The van der Waals surface area contributed by atoms with Crippen molar-refractivity contribution in [3.05, 3.63) is 52.3 Å². The second kappa shape index (κ2) is 7.04. The van der Waals surface area contributed by atoms with Crippen molar-refractivity contribution in [3.63, 3.8) is 0 Å². The molecule has 108 valence electrons. The van der Waals surface area contributed by atoms with Crippen LogP contribution >= 0.6 is 15.9 Å². The quantitative estimate of drug-likeness (QED) is 0.844. The van der Waals surface area contributed by atoms with Crippen molar-refractivity contribution in [2.75, 3.05) is 0 Å². The Labute approximate surface area is 129 Å². The van der Waals surface area contributed by atoms with Crippen LogP contribution in [0.25, 0.3) is 0 Å². The Morgan fingerprint density at radius 3 is 2.45 bits per heavy atom. The smallest absolute Gasteiger partial charge is 0.0537 e. The number of nitrogens with zero attached hydrogens (tertiary/aromatic N) is 2. The van der Waals surface area contributed by atoms with Crippen LogP contribution < -0.4 is 5.32 Å². The molecule has 0 bridgehead atoms. The number of hydrogen-bond acceptors (Lipinski definition) is 2. The van der Waals surface area contributed by atoms with Crippen LogP contribution in [-0.2, 0) is 6.54 Å². The first-order chi connectivity index (χ1) is 9.63. The molecule has 0 spiro atoms. The van der Waals surface area contributed by atoms with Crippen LogP contribution in [0.5, 0.6) is 0 Å². The summed E-state index contributed by atoms with van der Waals surface area (Å²) in [6.07, 6.45) is 5.13. The Bertz CT molecular complexity index is 533. The van der Waals surface area contributed by atoms with E-state index in [-0.39, 0.29) is 0 Å². The lowest BCUT2D eigenvalue weighted by molar-refractivity contribution is 0.456. The third-order valence-corrected chi connectivity index (χ3v) is 4.14. The van der Waals surface area contributed by atoms with Gasteiger partial charge in [0.1, 0.15) is 0 Å². The van der Waals surface area contributed by atoms with Crippen LogP contribution in [0.2, 0.25) is 0 Å². The molecule has 0 radical (unpaired) electrons. The lowest BCUT2D eigenvalue weighted by atomic mass is 10.0. The van der Waals surface area contributed by atoms with Crippen LogP contribution in [-0.4, -0.2) is 9.78 Å². The highest BCUT2D eigenvalue weighted by molar-refractivity contribution is 9.10. The Morgan fingerprint density at radius 1 is 1.20 bits per heavy atom. The fraction of sp³-hybridized carbons (Fsp3) is 0.438. The van der Waals surface area contributed by atoms with E-state index in [4.69, 9.17) is 0 Å². The van der Waals surface area contributed by atoms with Gasteiger partial charge in [0.15, 0.2) is 0 Å². The maximum absolute atomic E-state index is 4.34. The highest BCUT2D eigenvalue weighted by atomic mass is 79.9. The summed E-state index contributed by atoms with van der Waals surface area (Å²) >= 11 is 3.48. The maximum atomic E-state index is 4.34. The highest BCUT2D eigenvalue weighted by Crippen LogP contribution is 2.23. The number of rotatable bonds is 6. The molecule has 4 heteroatoms. The molecule has 0 fully saturated rings. The Hall–Kier alpha value is -1.13. The summed E-state index contributed by atoms with van der Waals surface area (Å²) < 4.78 is 3.09. The van der Waals surface area contributed by atoms with Crippen molar-refractivity contribution in [2.24, 2.45) is 0 Å². The van der Waals surface area contributed by atoms with Crippen LogP contribution in [0, 0.1) is 0 Å². The van der Waals surface area contributed by atoms with E-state index >= 15 is 0 Å². The standard InChI is InChI=1S/C16H22BrN3/c1-4-16(13-6-8-15(17)9-7-13)19-12(3)14-10-18-20(5-2)11-14/h6-12,16,19H,4-5H2,1-3H3. The molecule has 20 heavy (non-hydrogen) atoms. The van der Waals surface area contributed by atoms with E-state index in [0.29, 0.717) is 12.1 Å². The van der Waals surface area contributed by atoms with E-state index in [2.05, 4.69) is 77.6 Å². The third kappa shape index (κ3) is 3.70. The second-order valence-corrected chi connectivity index (χ2v) is 5.95. The summed E-state index contributed by atoms with van der Waals surface area (Å²) in [4.78, 5) is 0. The van der Waals surface area contributed by atoms with Crippen LogP contribution in [0.15, 0.2) is 41.1 Å². The molecule has 3 nitrogen and oxygen atoms in total. The number of nitrogens with one attached hydrogen (secondary N) is 1. The molecule has 1 heterocycles.